The van der Waals surface area contributed by atoms with Crippen molar-refractivity contribution in [1.82, 2.24) is 0 Å². The fourth-order valence-corrected chi connectivity index (χ4v) is 2.07. The third kappa shape index (κ3) is 2.88. The van der Waals surface area contributed by atoms with Crippen LogP contribution in [0.3, 0.4) is 0 Å². The maximum absolute atomic E-state index is 5.91. The molecule has 1 aliphatic rings. The van der Waals surface area contributed by atoms with Gasteiger partial charge in [0.1, 0.15) is 5.60 Å². The minimum absolute atomic E-state index is 0.221. The molecule has 0 saturated heterocycles. The summed E-state index contributed by atoms with van der Waals surface area (Å²) >= 11 is 0. The average molecular weight is 226 g/mol. The fourth-order valence-electron chi connectivity index (χ4n) is 2.07. The van der Waals surface area contributed by atoms with E-state index in [1.807, 2.05) is 31.2 Å². The first kappa shape index (κ1) is 11.7. The summed E-state index contributed by atoms with van der Waals surface area (Å²) in [5, 5.41) is 0. The van der Waals surface area contributed by atoms with Crippen LogP contribution in [0, 0.1) is 0 Å². The normalized spacial score (nSPS) is 23.5. The van der Waals surface area contributed by atoms with Gasteiger partial charge in [0, 0.05) is 12.8 Å². The van der Waals surface area contributed by atoms with Gasteiger partial charge in [0.15, 0.2) is 0 Å². The van der Waals surface area contributed by atoms with Crippen LogP contribution in [-0.4, -0.2) is 5.60 Å². The van der Waals surface area contributed by atoms with Gasteiger partial charge in [-0.25, -0.2) is 0 Å². The maximum atomic E-state index is 5.91. The lowest BCUT2D eigenvalue weighted by molar-refractivity contribution is 0.0757. The van der Waals surface area contributed by atoms with Crippen LogP contribution >= 0.6 is 0 Å². The van der Waals surface area contributed by atoms with Gasteiger partial charge in [-0.05, 0) is 24.6 Å². The van der Waals surface area contributed by atoms with E-state index in [2.05, 4.69) is 36.9 Å². The molecular weight excluding hydrogens is 208 g/mol. The Balaban J connectivity index is 2.14. The molecule has 0 bridgehead atoms. The lowest BCUT2D eigenvalue weighted by Crippen LogP contribution is -2.24. The Labute approximate surface area is 103 Å². The van der Waals surface area contributed by atoms with Crippen LogP contribution in [0.2, 0.25) is 0 Å². The molecule has 0 radical (unpaired) electrons. The van der Waals surface area contributed by atoms with E-state index in [-0.39, 0.29) is 5.60 Å². The van der Waals surface area contributed by atoms with E-state index in [0.717, 1.165) is 18.6 Å². The number of ether oxygens (including phenoxy) is 1. The molecule has 1 aromatic carbocycles. The van der Waals surface area contributed by atoms with Crippen LogP contribution in [0.1, 0.15) is 25.3 Å². The number of hydrogen-bond acceptors (Lipinski definition) is 1. The van der Waals surface area contributed by atoms with Gasteiger partial charge in [0.2, 0.25) is 0 Å². The van der Waals surface area contributed by atoms with Gasteiger partial charge in [0.25, 0.3) is 0 Å². The molecule has 0 amide bonds. The van der Waals surface area contributed by atoms with Crippen LogP contribution < -0.4 is 0 Å². The lowest BCUT2D eigenvalue weighted by atomic mass is 9.95. The van der Waals surface area contributed by atoms with E-state index in [1.54, 1.807) is 0 Å². The Morgan fingerprint density at radius 1 is 1.35 bits per heavy atom. The van der Waals surface area contributed by atoms with Gasteiger partial charge in [-0.2, -0.15) is 0 Å². The summed E-state index contributed by atoms with van der Waals surface area (Å²) in [6.07, 6.45) is 10.1. The molecule has 1 aromatic rings. The van der Waals surface area contributed by atoms with E-state index in [4.69, 9.17) is 4.74 Å². The Morgan fingerprint density at radius 2 is 2.12 bits per heavy atom. The highest BCUT2D eigenvalue weighted by molar-refractivity contribution is 5.50. The van der Waals surface area contributed by atoms with Gasteiger partial charge >= 0.3 is 0 Å². The highest BCUT2D eigenvalue weighted by Gasteiger charge is 2.31. The molecule has 1 atom stereocenters. The van der Waals surface area contributed by atoms with Gasteiger partial charge < -0.3 is 4.74 Å². The average Bonchev–Trinajstić information content (AvgIpc) is 2.71. The zero-order valence-electron chi connectivity index (χ0n) is 10.2. The van der Waals surface area contributed by atoms with E-state index < -0.39 is 0 Å². The van der Waals surface area contributed by atoms with Crippen molar-refractivity contribution in [2.24, 2.45) is 0 Å². The smallest absolute Gasteiger partial charge is 0.134 e. The summed E-state index contributed by atoms with van der Waals surface area (Å²) in [4.78, 5) is 0. The highest BCUT2D eigenvalue weighted by atomic mass is 16.5. The molecule has 1 heteroatoms. The quantitative estimate of drug-likeness (QED) is 0.694. The topological polar surface area (TPSA) is 9.23 Å². The maximum Gasteiger partial charge on any atom is 0.134 e. The first-order valence-corrected chi connectivity index (χ1v) is 5.95. The summed E-state index contributed by atoms with van der Waals surface area (Å²) in [7, 11) is 0. The Hall–Kier alpha value is -1.76. The SMILES string of the molecule is C=CCC1(/C=C/c2ccccc2)CC=C(C)O1. The van der Waals surface area contributed by atoms with Crippen molar-refractivity contribution >= 4 is 6.08 Å². The molecule has 0 spiro atoms. The van der Waals surface area contributed by atoms with Crippen LogP contribution in [-0.2, 0) is 4.74 Å². The van der Waals surface area contributed by atoms with Crippen molar-refractivity contribution in [1.29, 1.82) is 0 Å². The van der Waals surface area contributed by atoms with Gasteiger partial charge in [0.05, 0.1) is 5.76 Å². The van der Waals surface area contributed by atoms with Crippen molar-refractivity contribution in [2.45, 2.75) is 25.4 Å². The minimum Gasteiger partial charge on any atom is -0.488 e. The molecule has 1 unspecified atom stereocenters. The molecular formula is C16H18O. The predicted octanol–water partition coefficient (Wildman–Crippen LogP) is 4.34. The minimum atomic E-state index is -0.221. The molecule has 2 rings (SSSR count). The van der Waals surface area contributed by atoms with Gasteiger partial charge in [-0.3, -0.25) is 0 Å². The summed E-state index contributed by atoms with van der Waals surface area (Å²) in [6.45, 7) is 5.81. The van der Waals surface area contributed by atoms with Gasteiger partial charge in [-0.1, -0.05) is 42.5 Å². The van der Waals surface area contributed by atoms with E-state index in [0.29, 0.717) is 0 Å². The van der Waals surface area contributed by atoms with Crippen molar-refractivity contribution in [2.75, 3.05) is 0 Å². The number of allylic oxidation sites excluding steroid dienone is 1. The summed E-state index contributed by atoms with van der Waals surface area (Å²) in [5.74, 6) is 1.00. The van der Waals surface area contributed by atoms with Crippen molar-refractivity contribution in [3.8, 4) is 0 Å². The molecule has 0 fully saturated rings. The third-order valence-corrected chi connectivity index (χ3v) is 2.97. The second-order valence-corrected chi connectivity index (χ2v) is 4.42. The second-order valence-electron chi connectivity index (χ2n) is 4.42. The van der Waals surface area contributed by atoms with E-state index >= 15 is 0 Å². The molecule has 0 saturated carbocycles. The van der Waals surface area contributed by atoms with Crippen LogP contribution in [0.25, 0.3) is 6.08 Å². The molecule has 17 heavy (non-hydrogen) atoms. The van der Waals surface area contributed by atoms with Gasteiger partial charge in [-0.15, -0.1) is 6.58 Å². The predicted molar refractivity (Wildman–Crippen MR) is 72.5 cm³/mol. The van der Waals surface area contributed by atoms with Crippen molar-refractivity contribution in [3.63, 3.8) is 0 Å². The van der Waals surface area contributed by atoms with Crippen molar-refractivity contribution < 1.29 is 4.74 Å². The summed E-state index contributed by atoms with van der Waals surface area (Å²) in [5.41, 5.74) is 0.978. The Kier molecular flexibility index (Phi) is 3.48. The van der Waals surface area contributed by atoms with Crippen LogP contribution in [0.4, 0.5) is 0 Å². The molecule has 0 aromatic heterocycles. The summed E-state index contributed by atoms with van der Waals surface area (Å²) < 4.78 is 5.91. The molecule has 1 heterocycles. The number of hydrogen-bond donors (Lipinski definition) is 0. The summed E-state index contributed by atoms with van der Waals surface area (Å²) in [6, 6.07) is 10.3. The molecule has 1 nitrogen and oxygen atoms in total. The third-order valence-electron chi connectivity index (χ3n) is 2.97. The first-order chi connectivity index (χ1) is 8.24. The number of benzene rings is 1. The standard InChI is InChI=1S/C16H18O/c1-3-11-16(12-9-14(2)17-16)13-10-15-7-5-4-6-8-15/h3-10,13H,1,11-12H2,2H3/b13-10+. The van der Waals surface area contributed by atoms with Crippen LogP contribution in [0.5, 0.6) is 0 Å². The molecule has 0 N–H and O–H groups in total. The van der Waals surface area contributed by atoms with Crippen LogP contribution in [0.15, 0.2) is 60.9 Å². The van der Waals surface area contributed by atoms with E-state index in [1.165, 1.54) is 5.56 Å². The zero-order chi connectivity index (χ0) is 12.1. The molecule has 0 aliphatic carbocycles. The van der Waals surface area contributed by atoms with Crippen molar-refractivity contribution in [3.05, 3.63) is 66.5 Å². The molecule has 88 valence electrons. The Bertz CT molecular complexity index is 442. The highest BCUT2D eigenvalue weighted by Crippen LogP contribution is 2.33. The Morgan fingerprint density at radius 3 is 2.71 bits per heavy atom. The lowest BCUT2D eigenvalue weighted by Gasteiger charge is -2.24. The number of rotatable bonds is 4. The van der Waals surface area contributed by atoms with E-state index in [9.17, 15) is 0 Å². The zero-order valence-corrected chi connectivity index (χ0v) is 10.2. The first-order valence-electron chi connectivity index (χ1n) is 5.95. The molecule has 1 aliphatic heterocycles. The largest absolute Gasteiger partial charge is 0.488 e. The second kappa shape index (κ2) is 5.05. The monoisotopic (exact) mass is 226 g/mol. The fraction of sp³-hybridized carbons (Fsp3) is 0.250.